The van der Waals surface area contributed by atoms with Gasteiger partial charge in [-0.2, -0.15) is 0 Å². The summed E-state index contributed by atoms with van der Waals surface area (Å²) in [5.74, 6) is 0. The first-order valence-electron chi connectivity index (χ1n) is 12.9. The topological polar surface area (TPSA) is 71.5 Å². The van der Waals surface area contributed by atoms with Crippen LogP contribution in [0.4, 0.5) is 26.3 Å². The summed E-state index contributed by atoms with van der Waals surface area (Å²) in [4.78, 5) is 0. The van der Waals surface area contributed by atoms with Gasteiger partial charge in [0, 0.05) is 0 Å². The van der Waals surface area contributed by atoms with Crippen LogP contribution in [-0.4, -0.2) is 56.0 Å². The third-order valence-electron chi connectivity index (χ3n) is 6.80. The van der Waals surface area contributed by atoms with Crippen LogP contribution in [0.15, 0.2) is 0 Å². The number of halogens is 6. The molecule has 0 atom stereocenters. The van der Waals surface area contributed by atoms with Crippen LogP contribution in [0.1, 0.15) is 105 Å². The molecule has 36 heavy (non-hydrogen) atoms. The zero-order valence-corrected chi connectivity index (χ0v) is 24.5. The van der Waals surface area contributed by atoms with Crippen LogP contribution in [0.25, 0.3) is 0 Å². The monoisotopic (exact) mass is 595 g/mol. The molecule has 0 aromatic rings. The molecule has 0 saturated carbocycles. The van der Waals surface area contributed by atoms with Crippen LogP contribution >= 0.6 is 6.75 Å². The van der Waals surface area contributed by atoms with Gasteiger partial charge in [0.05, 0.1) is 0 Å². The zero-order chi connectivity index (χ0) is 28.3. The van der Waals surface area contributed by atoms with Crippen molar-refractivity contribution >= 4 is 26.8 Å². The Balaban J connectivity index is 7.47. The van der Waals surface area contributed by atoms with Crippen molar-refractivity contribution in [2.45, 2.75) is 116 Å². The fourth-order valence-corrected chi connectivity index (χ4v) is 20.6. The Morgan fingerprint density at radius 1 is 0.500 bits per heavy atom. The molecule has 0 fully saturated rings. The third-order valence-corrected chi connectivity index (χ3v) is 20.8. The minimum atomic E-state index is -6.85. The Morgan fingerprint density at radius 3 is 1.08 bits per heavy atom. The van der Waals surface area contributed by atoms with Crippen LogP contribution in [0.3, 0.4) is 0 Å². The van der Waals surface area contributed by atoms with E-state index in [0.717, 1.165) is 19.3 Å². The van der Waals surface area contributed by atoms with E-state index in [1.165, 1.54) is 0 Å². The van der Waals surface area contributed by atoms with E-state index in [1.54, 1.807) is 20.8 Å². The van der Waals surface area contributed by atoms with Crippen LogP contribution in [0, 0.1) is 0 Å². The number of alkyl halides is 6. The number of sulfonamides is 2. The van der Waals surface area contributed by atoms with Crippen molar-refractivity contribution in [1.29, 1.82) is 0 Å². The van der Waals surface area contributed by atoms with Gasteiger partial charge in [-0.3, -0.25) is 0 Å². The van der Waals surface area contributed by atoms with E-state index >= 15 is 0 Å². The molecule has 0 heterocycles. The van der Waals surface area contributed by atoms with Crippen molar-refractivity contribution in [2.75, 3.05) is 24.6 Å². The Hall–Kier alpha value is -0.130. The summed E-state index contributed by atoms with van der Waals surface area (Å²) >= 11 is 0. The van der Waals surface area contributed by atoms with Gasteiger partial charge < -0.3 is 0 Å². The van der Waals surface area contributed by atoms with Crippen LogP contribution in [0.5, 0.6) is 0 Å². The predicted octanol–water partition coefficient (Wildman–Crippen LogP) is 8.22. The quantitative estimate of drug-likeness (QED) is 0.0857. The number of nitrogens with zero attached hydrogens (tertiary/aromatic N) is 1. The maximum absolute atomic E-state index is 14.0. The number of hydrogen-bond donors (Lipinski definition) is 0. The molecule has 0 aromatic carbocycles. The van der Waals surface area contributed by atoms with E-state index in [-0.39, 0.29) is 50.3 Å². The molecule has 220 valence electrons. The van der Waals surface area contributed by atoms with Crippen molar-refractivity contribution in [3.63, 3.8) is 0 Å². The number of rotatable bonds is 19. The molecule has 0 aliphatic carbocycles. The Morgan fingerprint density at radius 2 is 0.778 bits per heavy atom. The summed E-state index contributed by atoms with van der Waals surface area (Å²) in [6.07, 6.45) is 4.47. The maximum atomic E-state index is 14.0. The molecule has 0 amide bonds. The molecule has 0 radical (unpaired) electrons. The van der Waals surface area contributed by atoms with Gasteiger partial charge in [0.15, 0.2) is 0 Å². The van der Waals surface area contributed by atoms with Gasteiger partial charge in [-0.05, 0) is 0 Å². The molecule has 0 aliphatic rings. The van der Waals surface area contributed by atoms with E-state index in [0.29, 0.717) is 32.1 Å². The summed E-state index contributed by atoms with van der Waals surface area (Å²) in [6, 6.07) is 0. The van der Waals surface area contributed by atoms with E-state index in [4.69, 9.17) is 0 Å². The first kappa shape index (κ1) is 35.9. The number of hydrogen-bond acceptors (Lipinski definition) is 4. The molecule has 0 rings (SSSR count). The second-order valence-electron chi connectivity index (χ2n) is 9.71. The summed E-state index contributed by atoms with van der Waals surface area (Å²) < 4.78 is 134. The molecule has 0 bridgehead atoms. The Kier molecular flexibility index (Phi) is 14.3. The van der Waals surface area contributed by atoms with Gasteiger partial charge in [0.25, 0.3) is 0 Å². The van der Waals surface area contributed by atoms with Crippen molar-refractivity contribution < 1.29 is 43.2 Å². The molecule has 0 spiro atoms. The van der Waals surface area contributed by atoms with Gasteiger partial charge in [-0.1, -0.05) is 0 Å². The molecule has 14 heteroatoms. The van der Waals surface area contributed by atoms with Gasteiger partial charge in [-0.15, -0.1) is 0 Å². The van der Waals surface area contributed by atoms with Crippen molar-refractivity contribution in [1.82, 2.24) is 3.48 Å². The molecule has 0 N–H and O–H groups in total. The molecule has 0 aliphatic heterocycles. The van der Waals surface area contributed by atoms with Crippen LogP contribution in [-0.2, 0) is 20.0 Å². The van der Waals surface area contributed by atoms with Crippen LogP contribution < -0.4 is 0 Å². The normalized spacial score (nSPS) is 15.2. The average Bonchev–Trinajstić information content (AvgIpc) is 2.76. The predicted molar refractivity (Wildman–Crippen MR) is 136 cm³/mol. The Bertz CT molecular complexity index is 792. The molecule has 0 saturated heterocycles. The van der Waals surface area contributed by atoms with Gasteiger partial charge in [-0.25, -0.2) is 0 Å². The zero-order valence-electron chi connectivity index (χ0n) is 21.9. The summed E-state index contributed by atoms with van der Waals surface area (Å²) in [7, 11) is -13.7. The fraction of sp³-hybridized carbons (Fsp3) is 1.00. The second-order valence-corrected chi connectivity index (χ2v) is 20.0. The number of unbranched alkanes of at least 4 members (excludes halogenated alkanes) is 8. The van der Waals surface area contributed by atoms with E-state index < -0.39 is 41.3 Å². The van der Waals surface area contributed by atoms with E-state index in [1.807, 2.05) is 6.92 Å². The summed E-state index contributed by atoms with van der Waals surface area (Å²) in [5, 5.41) is 0. The third kappa shape index (κ3) is 8.43. The first-order chi connectivity index (χ1) is 16.4. The van der Waals surface area contributed by atoms with Gasteiger partial charge in [0.2, 0.25) is 0 Å². The van der Waals surface area contributed by atoms with Crippen molar-refractivity contribution in [3.05, 3.63) is 0 Å². The summed E-state index contributed by atoms with van der Waals surface area (Å²) in [5.41, 5.74) is -12.4. The molecule has 0 unspecified atom stereocenters. The second kappa shape index (κ2) is 14.3. The van der Waals surface area contributed by atoms with Crippen LogP contribution in [0.2, 0.25) is 0 Å². The van der Waals surface area contributed by atoms with Crippen molar-refractivity contribution in [3.8, 4) is 0 Å². The van der Waals surface area contributed by atoms with E-state index in [2.05, 4.69) is 0 Å². The fourth-order valence-electron chi connectivity index (χ4n) is 4.90. The Labute approximate surface area is 213 Å². The SMILES string of the molecule is CCCCCCCCP(CCCC)(CCCC)(CCCC)N(S(=O)(=O)C(F)(F)F)S(=O)(=O)C(F)(F)F. The van der Waals surface area contributed by atoms with Gasteiger partial charge in [0.1, 0.15) is 0 Å². The molecule has 0 aromatic heterocycles. The molecule has 5 nitrogen and oxygen atoms in total. The molecular formula is C22H44F6NO4PS2. The molecular weight excluding hydrogens is 551 g/mol. The standard InChI is InChI=1S/C22H44F6NO4PS2/c1-5-9-13-14-15-16-20-34(17-10-6-2,18-11-7-3,19-12-8-4)29(35(30,31)21(23,24)25)36(32,33)22(26,27)28/h5-20H2,1-4H3. The summed E-state index contributed by atoms with van der Waals surface area (Å²) in [6.45, 7) is 2.17. The minimum absolute atomic E-state index is 0.137. The average molecular weight is 596 g/mol. The van der Waals surface area contributed by atoms with E-state index in [9.17, 15) is 43.2 Å². The van der Waals surface area contributed by atoms with Crippen molar-refractivity contribution in [2.24, 2.45) is 0 Å². The first-order valence-corrected chi connectivity index (χ1v) is 18.7. The van der Waals surface area contributed by atoms with Gasteiger partial charge >= 0.3 is 214 Å².